The van der Waals surface area contributed by atoms with Gasteiger partial charge in [-0.2, -0.15) is 0 Å². The molecule has 2 unspecified atom stereocenters. The first-order valence-electron chi connectivity index (χ1n) is 6.39. The number of hydrogen-bond donors (Lipinski definition) is 1. The van der Waals surface area contributed by atoms with Gasteiger partial charge in [0, 0.05) is 17.1 Å². The Kier molecular flexibility index (Phi) is 5.15. The van der Waals surface area contributed by atoms with Gasteiger partial charge in [0.1, 0.15) is 5.82 Å². The molecular formula is C14H19BrFNO. The molecule has 1 saturated heterocycles. The Labute approximate surface area is 116 Å². The van der Waals surface area contributed by atoms with E-state index in [2.05, 4.69) is 21.2 Å². The van der Waals surface area contributed by atoms with Crippen molar-refractivity contribution in [2.75, 3.05) is 20.3 Å². The van der Waals surface area contributed by atoms with E-state index in [0.717, 1.165) is 36.1 Å². The van der Waals surface area contributed by atoms with Crippen molar-refractivity contribution in [2.24, 2.45) is 5.92 Å². The van der Waals surface area contributed by atoms with Gasteiger partial charge >= 0.3 is 0 Å². The van der Waals surface area contributed by atoms with Gasteiger partial charge in [0.05, 0.1) is 6.61 Å². The van der Waals surface area contributed by atoms with Gasteiger partial charge in [0.25, 0.3) is 0 Å². The van der Waals surface area contributed by atoms with Crippen molar-refractivity contribution in [2.45, 2.75) is 25.3 Å². The van der Waals surface area contributed by atoms with E-state index in [1.807, 2.05) is 7.05 Å². The molecule has 1 N–H and O–H groups in total. The maximum atomic E-state index is 13.3. The minimum atomic E-state index is -0.178. The van der Waals surface area contributed by atoms with E-state index < -0.39 is 0 Å². The van der Waals surface area contributed by atoms with E-state index in [1.165, 1.54) is 12.5 Å². The number of benzene rings is 1. The minimum Gasteiger partial charge on any atom is -0.381 e. The van der Waals surface area contributed by atoms with Gasteiger partial charge in [-0.1, -0.05) is 15.9 Å². The number of rotatable bonds is 4. The molecule has 1 aliphatic rings. The first kappa shape index (κ1) is 14.0. The lowest BCUT2D eigenvalue weighted by molar-refractivity contribution is 0.0404. The van der Waals surface area contributed by atoms with Crippen LogP contribution in [0.25, 0.3) is 0 Å². The third kappa shape index (κ3) is 3.53. The zero-order valence-electron chi connectivity index (χ0n) is 10.6. The average molecular weight is 316 g/mol. The van der Waals surface area contributed by atoms with Crippen LogP contribution in [-0.4, -0.2) is 26.3 Å². The molecule has 2 rings (SSSR count). The van der Waals surface area contributed by atoms with Crippen molar-refractivity contribution < 1.29 is 9.13 Å². The SMILES string of the molecule is CNC(Cc1cc(F)ccc1Br)C1CCCOC1. The number of ether oxygens (including phenoxy) is 1. The molecule has 0 aliphatic carbocycles. The van der Waals surface area contributed by atoms with E-state index in [4.69, 9.17) is 4.74 Å². The Morgan fingerprint density at radius 3 is 3.06 bits per heavy atom. The Morgan fingerprint density at radius 2 is 2.39 bits per heavy atom. The van der Waals surface area contributed by atoms with E-state index >= 15 is 0 Å². The summed E-state index contributed by atoms with van der Waals surface area (Å²) >= 11 is 3.49. The standard InChI is InChI=1S/C14H19BrFNO/c1-17-14(10-3-2-6-18-9-10)8-11-7-12(16)4-5-13(11)15/h4-5,7,10,14,17H,2-3,6,8-9H2,1H3. The summed E-state index contributed by atoms with van der Waals surface area (Å²) in [6.07, 6.45) is 3.12. The molecule has 2 atom stereocenters. The Morgan fingerprint density at radius 1 is 1.56 bits per heavy atom. The van der Waals surface area contributed by atoms with Gasteiger partial charge in [-0.25, -0.2) is 4.39 Å². The zero-order chi connectivity index (χ0) is 13.0. The van der Waals surface area contributed by atoms with Crippen molar-refractivity contribution in [1.29, 1.82) is 0 Å². The zero-order valence-corrected chi connectivity index (χ0v) is 12.2. The molecule has 0 bridgehead atoms. The molecule has 0 saturated carbocycles. The van der Waals surface area contributed by atoms with Crippen molar-refractivity contribution >= 4 is 15.9 Å². The molecule has 100 valence electrons. The van der Waals surface area contributed by atoms with Crippen LogP contribution in [0.15, 0.2) is 22.7 Å². The number of hydrogen-bond acceptors (Lipinski definition) is 2. The number of nitrogens with one attached hydrogen (secondary N) is 1. The highest BCUT2D eigenvalue weighted by atomic mass is 79.9. The van der Waals surface area contributed by atoms with Crippen LogP contribution in [0, 0.1) is 11.7 Å². The molecule has 1 fully saturated rings. The van der Waals surface area contributed by atoms with Crippen LogP contribution in [0.4, 0.5) is 4.39 Å². The van der Waals surface area contributed by atoms with E-state index in [1.54, 1.807) is 12.1 Å². The third-order valence-corrected chi connectivity index (χ3v) is 4.36. The Hall–Kier alpha value is -0.450. The van der Waals surface area contributed by atoms with Gasteiger partial charge in [-0.3, -0.25) is 0 Å². The van der Waals surface area contributed by atoms with Crippen LogP contribution < -0.4 is 5.32 Å². The quantitative estimate of drug-likeness (QED) is 0.921. The first-order chi connectivity index (χ1) is 8.70. The van der Waals surface area contributed by atoms with E-state index in [0.29, 0.717) is 12.0 Å². The lowest BCUT2D eigenvalue weighted by Gasteiger charge is -2.30. The fourth-order valence-electron chi connectivity index (χ4n) is 2.52. The maximum absolute atomic E-state index is 13.3. The van der Waals surface area contributed by atoms with Crippen molar-refractivity contribution in [3.8, 4) is 0 Å². The molecule has 1 aromatic rings. The molecule has 0 amide bonds. The summed E-state index contributed by atoms with van der Waals surface area (Å²) in [6, 6.07) is 5.20. The van der Waals surface area contributed by atoms with Crippen molar-refractivity contribution in [3.63, 3.8) is 0 Å². The molecular weight excluding hydrogens is 297 g/mol. The fraction of sp³-hybridized carbons (Fsp3) is 0.571. The highest BCUT2D eigenvalue weighted by molar-refractivity contribution is 9.10. The predicted octanol–water partition coefficient (Wildman–Crippen LogP) is 3.15. The molecule has 4 heteroatoms. The summed E-state index contributed by atoms with van der Waals surface area (Å²) in [5, 5.41) is 3.34. The van der Waals surface area contributed by atoms with E-state index in [-0.39, 0.29) is 5.82 Å². The molecule has 18 heavy (non-hydrogen) atoms. The second-order valence-electron chi connectivity index (χ2n) is 4.81. The number of likely N-dealkylation sites (N-methyl/N-ethyl adjacent to an activating group) is 1. The molecule has 0 radical (unpaired) electrons. The van der Waals surface area contributed by atoms with Crippen molar-refractivity contribution in [1.82, 2.24) is 5.32 Å². The summed E-state index contributed by atoms with van der Waals surface area (Å²) in [6.45, 7) is 1.68. The van der Waals surface area contributed by atoms with Crippen LogP contribution in [0.3, 0.4) is 0 Å². The van der Waals surface area contributed by atoms with Gasteiger partial charge in [0.2, 0.25) is 0 Å². The summed E-state index contributed by atoms with van der Waals surface area (Å²) in [4.78, 5) is 0. The largest absolute Gasteiger partial charge is 0.381 e. The normalized spacial score (nSPS) is 21.8. The van der Waals surface area contributed by atoms with Gasteiger partial charge in [-0.15, -0.1) is 0 Å². The average Bonchev–Trinajstić information content (AvgIpc) is 2.41. The maximum Gasteiger partial charge on any atom is 0.123 e. The molecule has 1 aliphatic heterocycles. The lowest BCUT2D eigenvalue weighted by atomic mass is 9.89. The molecule has 0 spiro atoms. The minimum absolute atomic E-state index is 0.178. The molecule has 1 aromatic carbocycles. The fourth-order valence-corrected chi connectivity index (χ4v) is 2.93. The molecule has 1 heterocycles. The third-order valence-electron chi connectivity index (χ3n) is 3.58. The van der Waals surface area contributed by atoms with Crippen LogP contribution >= 0.6 is 15.9 Å². The lowest BCUT2D eigenvalue weighted by Crippen LogP contribution is -2.39. The second-order valence-corrected chi connectivity index (χ2v) is 5.67. The second kappa shape index (κ2) is 6.64. The molecule has 0 aromatic heterocycles. The van der Waals surface area contributed by atoms with Crippen molar-refractivity contribution in [3.05, 3.63) is 34.1 Å². The Balaban J connectivity index is 2.06. The monoisotopic (exact) mass is 315 g/mol. The highest BCUT2D eigenvalue weighted by Gasteiger charge is 2.23. The summed E-state index contributed by atoms with van der Waals surface area (Å²) in [7, 11) is 1.96. The van der Waals surface area contributed by atoms with Crippen LogP contribution in [0.2, 0.25) is 0 Å². The van der Waals surface area contributed by atoms with E-state index in [9.17, 15) is 4.39 Å². The van der Waals surface area contributed by atoms with Gasteiger partial charge in [0.15, 0.2) is 0 Å². The summed E-state index contributed by atoms with van der Waals surface area (Å²) < 4.78 is 19.8. The van der Waals surface area contributed by atoms with Crippen LogP contribution in [0.1, 0.15) is 18.4 Å². The smallest absolute Gasteiger partial charge is 0.123 e. The molecule has 2 nitrogen and oxygen atoms in total. The first-order valence-corrected chi connectivity index (χ1v) is 7.19. The summed E-state index contributed by atoms with van der Waals surface area (Å²) in [5.74, 6) is 0.335. The van der Waals surface area contributed by atoms with Crippen LogP contribution in [-0.2, 0) is 11.2 Å². The van der Waals surface area contributed by atoms with Gasteiger partial charge < -0.3 is 10.1 Å². The van der Waals surface area contributed by atoms with Gasteiger partial charge in [-0.05, 0) is 56.0 Å². The predicted molar refractivity (Wildman–Crippen MR) is 74.2 cm³/mol. The number of halogens is 2. The highest BCUT2D eigenvalue weighted by Crippen LogP contribution is 2.24. The summed E-state index contributed by atoms with van der Waals surface area (Å²) in [5.41, 5.74) is 1.01. The topological polar surface area (TPSA) is 21.3 Å². The Bertz CT molecular complexity index is 393. The van der Waals surface area contributed by atoms with Crippen LogP contribution in [0.5, 0.6) is 0 Å².